The third-order valence-corrected chi connectivity index (χ3v) is 5.86. The molecule has 0 atom stereocenters. The van der Waals surface area contributed by atoms with Gasteiger partial charge in [0, 0.05) is 57.8 Å². The van der Waals surface area contributed by atoms with Gasteiger partial charge in [-0.15, -0.1) is 0 Å². The van der Waals surface area contributed by atoms with Crippen LogP contribution >= 0.6 is 0 Å². The first-order valence-corrected chi connectivity index (χ1v) is 10.6. The molecule has 0 spiro atoms. The number of carbonyl (C=O) groups is 1. The number of halogens is 1. The van der Waals surface area contributed by atoms with Crippen molar-refractivity contribution in [2.45, 2.75) is 26.8 Å². The molecule has 2 aromatic rings. The summed E-state index contributed by atoms with van der Waals surface area (Å²) in [5, 5.41) is 12.6. The lowest BCUT2D eigenvalue weighted by atomic mass is 10.2. The smallest absolute Gasteiger partial charge is 0.239 e. The van der Waals surface area contributed by atoms with E-state index in [1.807, 2.05) is 18.4 Å². The molecular weight excluding hydrogens is 397 g/mol. The van der Waals surface area contributed by atoms with Crippen molar-refractivity contribution >= 4 is 17.4 Å². The maximum Gasteiger partial charge on any atom is 0.239 e. The molecule has 0 bridgehead atoms. The fourth-order valence-corrected chi connectivity index (χ4v) is 3.97. The van der Waals surface area contributed by atoms with E-state index in [1.165, 1.54) is 12.1 Å². The topological polar surface area (TPSA) is 73.5 Å². The quantitative estimate of drug-likeness (QED) is 0.656. The zero-order valence-corrected chi connectivity index (χ0v) is 18.4. The van der Waals surface area contributed by atoms with Crippen molar-refractivity contribution in [3.8, 4) is 6.07 Å². The Hall–Kier alpha value is -2.89. The average molecular weight is 428 g/mol. The zero-order chi connectivity index (χ0) is 22.4. The van der Waals surface area contributed by atoms with Crippen LogP contribution in [-0.2, 0) is 16.1 Å². The Labute approximate surface area is 183 Å². The van der Waals surface area contributed by atoms with Crippen molar-refractivity contribution < 1.29 is 13.9 Å². The summed E-state index contributed by atoms with van der Waals surface area (Å²) in [6, 6.07) is 8.73. The van der Waals surface area contributed by atoms with Crippen molar-refractivity contribution in [2.24, 2.45) is 0 Å². The highest BCUT2D eigenvalue weighted by Gasteiger charge is 2.22. The third kappa shape index (κ3) is 5.43. The number of hydrogen-bond acceptors (Lipinski definition) is 5. The highest BCUT2D eigenvalue weighted by Crippen LogP contribution is 2.26. The molecule has 1 aromatic carbocycles. The lowest BCUT2D eigenvalue weighted by Crippen LogP contribution is -2.48. The van der Waals surface area contributed by atoms with Gasteiger partial charge in [-0.25, -0.2) is 4.39 Å². The van der Waals surface area contributed by atoms with Gasteiger partial charge in [0.2, 0.25) is 5.91 Å². The van der Waals surface area contributed by atoms with Crippen molar-refractivity contribution in [3.63, 3.8) is 0 Å². The number of hydrogen-bond donors (Lipinski definition) is 1. The first-order valence-electron chi connectivity index (χ1n) is 10.6. The van der Waals surface area contributed by atoms with Gasteiger partial charge in [0.15, 0.2) is 0 Å². The molecule has 2 heterocycles. The molecule has 1 fully saturated rings. The lowest BCUT2D eigenvalue weighted by Gasteiger charge is -2.35. The van der Waals surface area contributed by atoms with Crippen molar-refractivity contribution in [1.82, 2.24) is 9.47 Å². The molecule has 1 amide bonds. The summed E-state index contributed by atoms with van der Waals surface area (Å²) >= 11 is 0. The minimum Gasteiger partial charge on any atom is -0.385 e. The fourth-order valence-electron chi connectivity index (χ4n) is 3.97. The van der Waals surface area contributed by atoms with E-state index in [-0.39, 0.29) is 18.3 Å². The standard InChI is InChI=1S/C23H30FN5O2/c1-17-18(2)29(9-4-14-31-3)23(21(17)15-25)26-22(30)16-27-10-12-28(13-11-27)20-7-5-19(24)6-8-20/h5-8H,4,9-14,16H2,1-3H3,(H,26,30). The van der Waals surface area contributed by atoms with E-state index in [0.717, 1.165) is 49.5 Å². The second-order valence-electron chi connectivity index (χ2n) is 7.83. The Morgan fingerprint density at radius 1 is 1.19 bits per heavy atom. The summed E-state index contributed by atoms with van der Waals surface area (Å²) in [4.78, 5) is 17.1. The highest BCUT2D eigenvalue weighted by molar-refractivity contribution is 5.93. The minimum atomic E-state index is -0.242. The van der Waals surface area contributed by atoms with Gasteiger partial charge in [-0.3, -0.25) is 9.69 Å². The number of nitrogens with zero attached hydrogens (tertiary/aromatic N) is 4. The first-order chi connectivity index (χ1) is 14.9. The zero-order valence-electron chi connectivity index (χ0n) is 18.4. The Balaban J connectivity index is 1.60. The average Bonchev–Trinajstić information content (AvgIpc) is 2.98. The van der Waals surface area contributed by atoms with Crippen LogP contribution in [0.1, 0.15) is 23.2 Å². The van der Waals surface area contributed by atoms with Crippen LogP contribution in [0.5, 0.6) is 0 Å². The molecule has 1 N–H and O–H groups in total. The maximum atomic E-state index is 13.1. The van der Waals surface area contributed by atoms with Gasteiger partial charge in [-0.05, 0) is 50.1 Å². The van der Waals surface area contributed by atoms with Crippen LogP contribution < -0.4 is 10.2 Å². The van der Waals surface area contributed by atoms with Crippen LogP contribution in [0.4, 0.5) is 15.9 Å². The van der Waals surface area contributed by atoms with Gasteiger partial charge < -0.3 is 19.5 Å². The maximum absolute atomic E-state index is 13.1. The van der Waals surface area contributed by atoms with E-state index in [1.54, 1.807) is 19.2 Å². The number of piperazine rings is 1. The molecule has 0 unspecified atom stereocenters. The molecule has 1 aliphatic heterocycles. The fraction of sp³-hybridized carbons (Fsp3) is 0.478. The number of methoxy groups -OCH3 is 1. The van der Waals surface area contributed by atoms with Crippen LogP contribution in [-0.4, -0.2) is 61.8 Å². The molecule has 7 nitrogen and oxygen atoms in total. The predicted octanol–water partition coefficient (Wildman–Crippen LogP) is 2.91. The van der Waals surface area contributed by atoms with Crippen molar-refractivity contribution in [2.75, 3.05) is 56.7 Å². The molecule has 8 heteroatoms. The van der Waals surface area contributed by atoms with E-state index in [0.29, 0.717) is 24.5 Å². The molecule has 166 valence electrons. The van der Waals surface area contributed by atoms with Gasteiger partial charge in [-0.1, -0.05) is 0 Å². The molecule has 0 aliphatic carbocycles. The van der Waals surface area contributed by atoms with E-state index in [9.17, 15) is 14.4 Å². The van der Waals surface area contributed by atoms with Crippen molar-refractivity contribution in [3.05, 3.63) is 46.9 Å². The Bertz CT molecular complexity index is 940. The summed E-state index contributed by atoms with van der Waals surface area (Å²) in [5.74, 6) is 0.203. The van der Waals surface area contributed by atoms with Crippen LogP contribution in [0.15, 0.2) is 24.3 Å². The van der Waals surface area contributed by atoms with E-state index in [2.05, 4.69) is 21.2 Å². The van der Waals surface area contributed by atoms with Gasteiger partial charge in [0.05, 0.1) is 12.1 Å². The summed E-state index contributed by atoms with van der Waals surface area (Å²) in [6.07, 6.45) is 0.796. The highest BCUT2D eigenvalue weighted by atomic mass is 19.1. The van der Waals surface area contributed by atoms with Crippen LogP contribution in [0.25, 0.3) is 0 Å². The van der Waals surface area contributed by atoms with E-state index in [4.69, 9.17) is 4.74 Å². The molecule has 31 heavy (non-hydrogen) atoms. The number of anilines is 2. The normalized spacial score (nSPS) is 14.5. The van der Waals surface area contributed by atoms with E-state index < -0.39 is 0 Å². The van der Waals surface area contributed by atoms with Gasteiger partial charge in [0.25, 0.3) is 0 Å². The predicted molar refractivity (Wildman–Crippen MR) is 119 cm³/mol. The largest absolute Gasteiger partial charge is 0.385 e. The van der Waals surface area contributed by atoms with Gasteiger partial charge in [0.1, 0.15) is 17.7 Å². The Kier molecular flexibility index (Phi) is 7.66. The molecule has 0 saturated carbocycles. The van der Waals surface area contributed by atoms with Crippen LogP contribution in [0.3, 0.4) is 0 Å². The second kappa shape index (κ2) is 10.4. The van der Waals surface area contributed by atoms with Crippen molar-refractivity contribution in [1.29, 1.82) is 5.26 Å². The second-order valence-corrected chi connectivity index (χ2v) is 7.83. The molecule has 1 saturated heterocycles. The number of aromatic nitrogens is 1. The van der Waals surface area contributed by atoms with Crippen LogP contribution in [0.2, 0.25) is 0 Å². The number of carbonyl (C=O) groups excluding carboxylic acids is 1. The number of nitrogens with one attached hydrogen (secondary N) is 1. The number of benzene rings is 1. The SMILES string of the molecule is COCCCn1c(C)c(C)c(C#N)c1NC(=O)CN1CCN(c2ccc(F)cc2)CC1. The summed E-state index contributed by atoms with van der Waals surface area (Å²) < 4.78 is 20.3. The molecule has 1 aliphatic rings. The third-order valence-electron chi connectivity index (χ3n) is 5.86. The molecule has 1 aromatic heterocycles. The summed E-state index contributed by atoms with van der Waals surface area (Å²) in [5.41, 5.74) is 3.38. The molecule has 3 rings (SSSR count). The number of rotatable bonds is 8. The lowest BCUT2D eigenvalue weighted by molar-refractivity contribution is -0.117. The number of amides is 1. The van der Waals surface area contributed by atoms with E-state index >= 15 is 0 Å². The Morgan fingerprint density at radius 3 is 2.48 bits per heavy atom. The molecular formula is C23H30FN5O2. The number of ether oxygens (including phenoxy) is 1. The minimum absolute atomic E-state index is 0.128. The number of nitriles is 1. The van der Waals surface area contributed by atoms with Gasteiger partial charge >= 0.3 is 0 Å². The van der Waals surface area contributed by atoms with Gasteiger partial charge in [-0.2, -0.15) is 5.26 Å². The summed E-state index contributed by atoms with van der Waals surface area (Å²) in [7, 11) is 1.66. The monoisotopic (exact) mass is 427 g/mol. The van der Waals surface area contributed by atoms with Crippen LogP contribution in [0, 0.1) is 31.0 Å². The Morgan fingerprint density at radius 2 is 1.87 bits per heavy atom. The first kappa shape index (κ1) is 22.8. The summed E-state index contributed by atoms with van der Waals surface area (Å²) in [6.45, 7) is 8.45. The molecule has 0 radical (unpaired) electrons.